The average molecular weight is 517 g/mol. The van der Waals surface area contributed by atoms with Gasteiger partial charge in [-0.1, -0.05) is 117 Å². The molecule has 0 saturated carbocycles. The number of allylic oxidation sites excluding steroid dienone is 2. The lowest BCUT2D eigenvalue weighted by Gasteiger charge is -2.29. The molecule has 0 saturated heterocycles. The van der Waals surface area contributed by atoms with E-state index in [1.165, 1.54) is 55.6 Å². The summed E-state index contributed by atoms with van der Waals surface area (Å²) in [7, 11) is 0. The van der Waals surface area contributed by atoms with Crippen LogP contribution in [0.1, 0.15) is 25.3 Å². The highest BCUT2D eigenvalue weighted by molar-refractivity contribution is 6.09. The summed E-state index contributed by atoms with van der Waals surface area (Å²) in [5, 5.41) is 2.57. The largest absolute Gasteiger partial charge is 0.333 e. The molecular formula is C38H32N2. The van der Waals surface area contributed by atoms with Gasteiger partial charge in [0.1, 0.15) is 0 Å². The van der Waals surface area contributed by atoms with Crippen molar-refractivity contribution in [3.05, 3.63) is 151 Å². The van der Waals surface area contributed by atoms with Crippen LogP contribution in [0, 0.1) is 0 Å². The van der Waals surface area contributed by atoms with Gasteiger partial charge in [0.25, 0.3) is 0 Å². The molecule has 0 spiro atoms. The Morgan fingerprint density at radius 2 is 1.10 bits per heavy atom. The van der Waals surface area contributed by atoms with E-state index in [1.54, 1.807) is 0 Å². The van der Waals surface area contributed by atoms with E-state index in [2.05, 4.69) is 155 Å². The van der Waals surface area contributed by atoms with E-state index in [1.807, 2.05) is 13.8 Å². The fourth-order valence-corrected chi connectivity index (χ4v) is 6.45. The van der Waals surface area contributed by atoms with Crippen LogP contribution in [0.3, 0.4) is 0 Å². The quantitative estimate of drug-likeness (QED) is 0.227. The van der Waals surface area contributed by atoms with Gasteiger partial charge in [0.15, 0.2) is 0 Å². The first kappa shape index (κ1) is 24.2. The molecule has 1 aromatic heterocycles. The van der Waals surface area contributed by atoms with E-state index in [4.69, 9.17) is 0 Å². The summed E-state index contributed by atoms with van der Waals surface area (Å²) < 4.78 is 2.39. The van der Waals surface area contributed by atoms with Crippen LogP contribution in [0.2, 0.25) is 0 Å². The number of hydrogen-bond acceptors (Lipinski definition) is 1. The van der Waals surface area contributed by atoms with Gasteiger partial charge in [-0.05, 0) is 59.2 Å². The molecule has 2 unspecified atom stereocenters. The SMILES string of the molecule is C1=CC2c3ccccc3N(c3cccc(-c4cccc(-n5c6ccccc6c6ccccc65)c4)c3)C2C=C1.CC. The Kier molecular flexibility index (Phi) is 6.09. The number of hydrogen-bond donors (Lipinski definition) is 0. The van der Waals surface area contributed by atoms with Crippen molar-refractivity contribution in [1.82, 2.24) is 4.57 Å². The van der Waals surface area contributed by atoms with Crippen LogP contribution < -0.4 is 4.90 Å². The van der Waals surface area contributed by atoms with Gasteiger partial charge in [0.05, 0.1) is 17.1 Å². The molecule has 0 bridgehead atoms. The second-order valence-corrected chi connectivity index (χ2v) is 10.2. The minimum Gasteiger partial charge on any atom is -0.333 e. The van der Waals surface area contributed by atoms with E-state index in [-0.39, 0.29) is 0 Å². The highest BCUT2D eigenvalue weighted by atomic mass is 15.2. The third-order valence-corrected chi connectivity index (χ3v) is 8.10. The van der Waals surface area contributed by atoms with Crippen molar-refractivity contribution < 1.29 is 0 Å². The molecule has 0 radical (unpaired) electrons. The third kappa shape index (κ3) is 3.79. The lowest BCUT2D eigenvalue weighted by atomic mass is 9.91. The molecule has 0 fully saturated rings. The van der Waals surface area contributed by atoms with Crippen molar-refractivity contribution in [2.75, 3.05) is 4.90 Å². The van der Waals surface area contributed by atoms with E-state index in [0.717, 1.165) is 0 Å². The summed E-state index contributed by atoms with van der Waals surface area (Å²) in [6.45, 7) is 4.00. The average Bonchev–Trinajstić information content (AvgIpc) is 3.55. The Balaban J connectivity index is 0.00000130. The first-order valence-corrected chi connectivity index (χ1v) is 14.3. The van der Waals surface area contributed by atoms with Gasteiger partial charge >= 0.3 is 0 Å². The molecule has 1 aliphatic heterocycles. The highest BCUT2D eigenvalue weighted by Crippen LogP contribution is 2.48. The number of nitrogens with zero attached hydrogens (tertiary/aromatic N) is 2. The Hall–Kier alpha value is -4.82. The highest BCUT2D eigenvalue weighted by Gasteiger charge is 2.36. The molecular weight excluding hydrogens is 484 g/mol. The van der Waals surface area contributed by atoms with Crippen molar-refractivity contribution in [2.45, 2.75) is 25.8 Å². The number of rotatable bonds is 3. The topological polar surface area (TPSA) is 8.17 Å². The number of aromatic nitrogens is 1. The van der Waals surface area contributed by atoms with Gasteiger partial charge < -0.3 is 9.47 Å². The molecule has 5 aromatic carbocycles. The van der Waals surface area contributed by atoms with Gasteiger partial charge in [-0.3, -0.25) is 0 Å². The minimum absolute atomic E-state index is 0.302. The molecule has 2 aliphatic rings. The standard InChI is InChI=1S/C36H26N2.C2H6/c1-5-19-33-29(15-1)30-16-2-6-20-34(30)37(33)27-13-9-11-25(23-27)26-12-10-14-28(24-26)38-35-21-7-3-17-31(35)32-18-4-8-22-36(32)38;1-2/h1-24,29,33H;1-2H3. The minimum atomic E-state index is 0.302. The lowest BCUT2D eigenvalue weighted by Crippen LogP contribution is -2.28. The summed E-state index contributed by atoms with van der Waals surface area (Å²) in [4.78, 5) is 2.50. The fourth-order valence-electron chi connectivity index (χ4n) is 6.45. The molecule has 8 rings (SSSR count). The molecule has 1 aliphatic carbocycles. The summed E-state index contributed by atoms with van der Waals surface area (Å²) >= 11 is 0. The lowest BCUT2D eigenvalue weighted by molar-refractivity contribution is 0.745. The van der Waals surface area contributed by atoms with Crippen LogP contribution >= 0.6 is 0 Å². The van der Waals surface area contributed by atoms with Crippen LogP contribution in [0.4, 0.5) is 11.4 Å². The predicted octanol–water partition coefficient (Wildman–Crippen LogP) is 10.2. The molecule has 40 heavy (non-hydrogen) atoms. The molecule has 0 amide bonds. The van der Waals surface area contributed by atoms with Crippen LogP contribution in [0.25, 0.3) is 38.6 Å². The zero-order valence-electron chi connectivity index (χ0n) is 22.9. The Morgan fingerprint density at radius 1 is 0.525 bits per heavy atom. The third-order valence-electron chi connectivity index (χ3n) is 8.10. The second-order valence-electron chi connectivity index (χ2n) is 10.2. The fraction of sp³-hybridized carbons (Fsp3) is 0.105. The molecule has 0 N–H and O–H groups in total. The van der Waals surface area contributed by atoms with Crippen molar-refractivity contribution in [3.8, 4) is 16.8 Å². The van der Waals surface area contributed by atoms with Gasteiger partial charge in [-0.25, -0.2) is 0 Å². The van der Waals surface area contributed by atoms with E-state index >= 15 is 0 Å². The molecule has 194 valence electrons. The maximum Gasteiger partial charge on any atom is 0.0629 e. The summed E-state index contributed by atoms with van der Waals surface area (Å²) in [5.74, 6) is 0.387. The Morgan fingerprint density at radius 3 is 1.82 bits per heavy atom. The predicted molar refractivity (Wildman–Crippen MR) is 171 cm³/mol. The van der Waals surface area contributed by atoms with E-state index in [0.29, 0.717) is 12.0 Å². The van der Waals surface area contributed by atoms with Gasteiger partial charge in [-0.2, -0.15) is 0 Å². The van der Waals surface area contributed by atoms with Gasteiger partial charge in [0, 0.05) is 33.8 Å². The zero-order chi connectivity index (χ0) is 27.1. The number of anilines is 2. The van der Waals surface area contributed by atoms with Crippen LogP contribution in [0.15, 0.2) is 146 Å². The Labute approximate surface area is 236 Å². The maximum absolute atomic E-state index is 2.50. The number of fused-ring (bicyclic) bond motifs is 6. The first-order valence-electron chi connectivity index (χ1n) is 14.3. The van der Waals surface area contributed by atoms with Crippen molar-refractivity contribution >= 4 is 33.2 Å². The second kappa shape index (κ2) is 10.1. The van der Waals surface area contributed by atoms with Crippen LogP contribution in [-0.4, -0.2) is 10.6 Å². The first-order chi connectivity index (χ1) is 19.9. The maximum atomic E-state index is 2.50. The van der Waals surface area contributed by atoms with Gasteiger partial charge in [-0.15, -0.1) is 0 Å². The number of para-hydroxylation sites is 3. The summed E-state index contributed by atoms with van der Waals surface area (Å²) in [6, 6.07) is 44.4. The zero-order valence-corrected chi connectivity index (χ0v) is 22.9. The summed E-state index contributed by atoms with van der Waals surface area (Å²) in [5.41, 5.74) is 10.0. The molecule has 2 heteroatoms. The normalized spacial score (nSPS) is 17.0. The molecule has 2 heterocycles. The van der Waals surface area contributed by atoms with E-state index in [9.17, 15) is 0 Å². The van der Waals surface area contributed by atoms with Crippen molar-refractivity contribution in [2.24, 2.45) is 0 Å². The van der Waals surface area contributed by atoms with Crippen molar-refractivity contribution in [1.29, 1.82) is 0 Å². The summed E-state index contributed by atoms with van der Waals surface area (Å²) in [6.07, 6.45) is 9.03. The number of benzene rings is 5. The molecule has 2 nitrogen and oxygen atoms in total. The smallest absolute Gasteiger partial charge is 0.0629 e. The van der Waals surface area contributed by atoms with E-state index < -0.39 is 0 Å². The van der Waals surface area contributed by atoms with Crippen LogP contribution in [-0.2, 0) is 0 Å². The van der Waals surface area contributed by atoms with Crippen LogP contribution in [0.5, 0.6) is 0 Å². The molecule has 6 aromatic rings. The van der Waals surface area contributed by atoms with Crippen molar-refractivity contribution in [3.63, 3.8) is 0 Å². The van der Waals surface area contributed by atoms with Gasteiger partial charge in [0.2, 0.25) is 0 Å². The monoisotopic (exact) mass is 516 g/mol. The molecule has 2 atom stereocenters. The Bertz CT molecular complexity index is 1850.